The van der Waals surface area contributed by atoms with Crippen LogP contribution in [0.25, 0.3) is 0 Å². The van der Waals surface area contributed by atoms with E-state index in [2.05, 4.69) is 0 Å². The lowest BCUT2D eigenvalue weighted by atomic mass is 9.66. The topological polar surface area (TPSA) is 94.5 Å². The molecule has 3 rings (SSSR count). The van der Waals surface area contributed by atoms with E-state index in [0.717, 1.165) is 16.7 Å². The van der Waals surface area contributed by atoms with Crippen LogP contribution in [-0.2, 0) is 16.0 Å². The molecule has 0 saturated heterocycles. The standard InChI is InChI=1S/C22H26O7/c1-26-17-8-12(5-6-16(17)24)20-15-10-19(28-3)18(27-2)9-13(15)7-14(11-23)21(20)22(25)29-4/h5-6,8-10,14,20-21,23-24H,7,11H2,1-4H3/t14-,20-,21-/m0/s1. The van der Waals surface area contributed by atoms with Crippen molar-refractivity contribution in [3.63, 3.8) is 0 Å². The molecule has 0 heterocycles. The van der Waals surface area contributed by atoms with Crippen molar-refractivity contribution in [2.24, 2.45) is 11.8 Å². The third-order valence-corrected chi connectivity index (χ3v) is 5.60. The van der Waals surface area contributed by atoms with E-state index in [9.17, 15) is 15.0 Å². The van der Waals surface area contributed by atoms with E-state index in [1.165, 1.54) is 20.3 Å². The predicted octanol–water partition coefficient (Wildman–Crippen LogP) is 2.50. The van der Waals surface area contributed by atoms with Crippen molar-refractivity contribution in [2.75, 3.05) is 35.0 Å². The molecule has 0 aliphatic heterocycles. The quantitative estimate of drug-likeness (QED) is 0.717. The maximum atomic E-state index is 12.8. The van der Waals surface area contributed by atoms with Crippen molar-refractivity contribution < 1.29 is 34.0 Å². The Morgan fingerprint density at radius 3 is 2.24 bits per heavy atom. The van der Waals surface area contributed by atoms with E-state index >= 15 is 0 Å². The van der Waals surface area contributed by atoms with E-state index < -0.39 is 17.8 Å². The van der Waals surface area contributed by atoms with Gasteiger partial charge < -0.3 is 29.2 Å². The Labute approximate surface area is 169 Å². The molecular weight excluding hydrogens is 376 g/mol. The van der Waals surface area contributed by atoms with E-state index in [0.29, 0.717) is 23.7 Å². The molecule has 0 unspecified atom stereocenters. The van der Waals surface area contributed by atoms with Gasteiger partial charge in [-0.05, 0) is 47.4 Å². The zero-order valence-corrected chi connectivity index (χ0v) is 17.0. The summed E-state index contributed by atoms with van der Waals surface area (Å²) in [7, 11) is 5.93. The number of phenols is 1. The molecule has 0 fully saturated rings. The molecule has 0 amide bonds. The number of hydrogen-bond donors (Lipinski definition) is 2. The first-order valence-electron chi connectivity index (χ1n) is 9.29. The number of aliphatic hydroxyl groups is 1. The third kappa shape index (κ3) is 3.70. The first kappa shape index (κ1) is 20.8. The number of rotatable bonds is 6. The van der Waals surface area contributed by atoms with Crippen LogP contribution in [0.15, 0.2) is 30.3 Å². The molecule has 0 bridgehead atoms. The van der Waals surface area contributed by atoms with Crippen LogP contribution in [0, 0.1) is 11.8 Å². The highest BCUT2D eigenvalue weighted by Gasteiger charge is 2.43. The first-order chi connectivity index (χ1) is 14.0. The summed E-state index contributed by atoms with van der Waals surface area (Å²) in [5, 5.41) is 20.0. The van der Waals surface area contributed by atoms with Gasteiger partial charge in [-0.3, -0.25) is 4.79 Å². The van der Waals surface area contributed by atoms with Gasteiger partial charge in [-0.2, -0.15) is 0 Å². The van der Waals surface area contributed by atoms with Gasteiger partial charge in [-0.15, -0.1) is 0 Å². The maximum Gasteiger partial charge on any atom is 0.310 e. The zero-order valence-electron chi connectivity index (χ0n) is 17.0. The summed E-state index contributed by atoms with van der Waals surface area (Å²) in [5.74, 6) is -0.316. The highest BCUT2D eigenvalue weighted by molar-refractivity contribution is 5.76. The summed E-state index contributed by atoms with van der Waals surface area (Å²) < 4.78 is 21.2. The summed E-state index contributed by atoms with van der Waals surface area (Å²) in [6, 6.07) is 8.73. The molecule has 7 heteroatoms. The second-order valence-electron chi connectivity index (χ2n) is 7.01. The molecule has 7 nitrogen and oxygen atoms in total. The number of methoxy groups -OCH3 is 4. The van der Waals surface area contributed by atoms with E-state index in [-0.39, 0.29) is 18.3 Å². The highest BCUT2D eigenvalue weighted by atomic mass is 16.5. The number of benzene rings is 2. The normalized spacial score (nSPS) is 20.5. The number of phenolic OH excluding ortho intramolecular Hbond substituents is 1. The minimum Gasteiger partial charge on any atom is -0.504 e. The maximum absolute atomic E-state index is 12.8. The van der Waals surface area contributed by atoms with Crippen molar-refractivity contribution in [1.82, 2.24) is 0 Å². The van der Waals surface area contributed by atoms with Crippen LogP contribution in [0.2, 0.25) is 0 Å². The smallest absolute Gasteiger partial charge is 0.310 e. The molecule has 0 aromatic heterocycles. The van der Waals surface area contributed by atoms with Crippen LogP contribution in [0.5, 0.6) is 23.0 Å². The van der Waals surface area contributed by atoms with Gasteiger partial charge in [0.2, 0.25) is 0 Å². The number of carbonyl (C=O) groups is 1. The second kappa shape index (κ2) is 8.61. The zero-order chi connectivity index (χ0) is 21.1. The Morgan fingerprint density at radius 1 is 1.00 bits per heavy atom. The van der Waals surface area contributed by atoms with Crippen LogP contribution in [-0.4, -0.2) is 51.2 Å². The molecular formula is C22H26O7. The fourth-order valence-corrected chi connectivity index (χ4v) is 4.20. The summed E-state index contributed by atoms with van der Waals surface area (Å²) in [6.45, 7) is -0.167. The molecule has 2 aromatic carbocycles. The number of aromatic hydroxyl groups is 1. The lowest BCUT2D eigenvalue weighted by molar-refractivity contribution is -0.149. The number of aliphatic hydroxyl groups excluding tert-OH is 1. The Kier molecular flexibility index (Phi) is 6.17. The van der Waals surface area contributed by atoms with E-state index in [1.807, 2.05) is 12.1 Å². The van der Waals surface area contributed by atoms with Crippen LogP contribution < -0.4 is 14.2 Å². The van der Waals surface area contributed by atoms with Crippen LogP contribution in [0.3, 0.4) is 0 Å². The largest absolute Gasteiger partial charge is 0.504 e. The molecule has 1 aliphatic rings. The first-order valence-corrected chi connectivity index (χ1v) is 9.29. The Hall–Kier alpha value is -2.93. The SMILES string of the molecule is COC(=O)[C@H]1[C@H](CO)Cc2cc(OC)c(OC)cc2[C@@H]1c1ccc(O)c(OC)c1. The molecule has 0 saturated carbocycles. The predicted molar refractivity (Wildman–Crippen MR) is 106 cm³/mol. The van der Waals surface area contributed by atoms with E-state index in [4.69, 9.17) is 18.9 Å². The summed E-state index contributed by atoms with van der Waals surface area (Å²) >= 11 is 0. The summed E-state index contributed by atoms with van der Waals surface area (Å²) in [5.41, 5.74) is 2.61. The number of carbonyl (C=O) groups excluding carboxylic acids is 1. The van der Waals surface area contributed by atoms with Crippen molar-refractivity contribution in [3.05, 3.63) is 47.0 Å². The average molecular weight is 402 g/mol. The second-order valence-corrected chi connectivity index (χ2v) is 7.01. The third-order valence-electron chi connectivity index (χ3n) is 5.60. The van der Waals surface area contributed by atoms with Crippen molar-refractivity contribution in [3.8, 4) is 23.0 Å². The Balaban J connectivity index is 2.26. The van der Waals surface area contributed by atoms with Crippen LogP contribution in [0.1, 0.15) is 22.6 Å². The summed E-state index contributed by atoms with van der Waals surface area (Å²) in [6.07, 6.45) is 0.498. The molecule has 29 heavy (non-hydrogen) atoms. The lowest BCUT2D eigenvalue weighted by Gasteiger charge is -2.38. The van der Waals surface area contributed by atoms with Crippen molar-refractivity contribution in [2.45, 2.75) is 12.3 Å². The van der Waals surface area contributed by atoms with Crippen molar-refractivity contribution >= 4 is 5.97 Å². The van der Waals surface area contributed by atoms with Crippen LogP contribution in [0.4, 0.5) is 0 Å². The van der Waals surface area contributed by atoms with Gasteiger partial charge in [-0.25, -0.2) is 0 Å². The number of hydrogen-bond acceptors (Lipinski definition) is 7. The molecule has 156 valence electrons. The average Bonchev–Trinajstić information content (AvgIpc) is 2.76. The number of esters is 1. The highest BCUT2D eigenvalue weighted by Crippen LogP contribution is 2.48. The minimum atomic E-state index is -0.607. The molecule has 3 atom stereocenters. The fourth-order valence-electron chi connectivity index (χ4n) is 4.20. The van der Waals surface area contributed by atoms with Gasteiger partial charge in [0, 0.05) is 18.4 Å². The van der Waals surface area contributed by atoms with Crippen LogP contribution >= 0.6 is 0 Å². The van der Waals surface area contributed by atoms with Gasteiger partial charge in [0.1, 0.15) is 0 Å². The van der Waals surface area contributed by atoms with Gasteiger partial charge in [0.15, 0.2) is 23.0 Å². The number of fused-ring (bicyclic) bond motifs is 1. The van der Waals surface area contributed by atoms with Gasteiger partial charge in [0.05, 0.1) is 34.4 Å². The monoisotopic (exact) mass is 402 g/mol. The van der Waals surface area contributed by atoms with Gasteiger partial charge in [0.25, 0.3) is 0 Å². The molecule has 2 N–H and O–H groups in total. The fraction of sp³-hybridized carbons (Fsp3) is 0.409. The Bertz CT molecular complexity index is 893. The molecule has 0 radical (unpaired) electrons. The minimum absolute atomic E-state index is 0.00733. The molecule has 0 spiro atoms. The molecule has 2 aromatic rings. The lowest BCUT2D eigenvalue weighted by Crippen LogP contribution is -2.38. The van der Waals surface area contributed by atoms with Gasteiger partial charge >= 0.3 is 5.97 Å². The number of ether oxygens (including phenoxy) is 4. The summed E-state index contributed by atoms with van der Waals surface area (Å²) in [4.78, 5) is 12.8. The van der Waals surface area contributed by atoms with Gasteiger partial charge in [-0.1, -0.05) is 6.07 Å². The van der Waals surface area contributed by atoms with Crippen molar-refractivity contribution in [1.29, 1.82) is 0 Å². The molecule has 1 aliphatic carbocycles. The Morgan fingerprint density at radius 2 is 1.66 bits per heavy atom. The van der Waals surface area contributed by atoms with E-state index in [1.54, 1.807) is 26.4 Å².